The fourth-order valence-corrected chi connectivity index (χ4v) is 9.19. The first-order valence-electron chi connectivity index (χ1n) is 20.0. The molecule has 3 aromatic heterocycles. The van der Waals surface area contributed by atoms with Crippen molar-refractivity contribution in [2.75, 3.05) is 0 Å². The van der Waals surface area contributed by atoms with Crippen LogP contribution in [0.5, 0.6) is 0 Å². The van der Waals surface area contributed by atoms with E-state index in [-0.39, 0.29) is 11.8 Å². The zero-order valence-electron chi connectivity index (χ0n) is 32.5. The molecule has 11 rings (SSSR count). The zero-order chi connectivity index (χ0) is 38.4. The Morgan fingerprint density at radius 3 is 1.77 bits per heavy atom. The van der Waals surface area contributed by atoms with Crippen LogP contribution in [0.15, 0.2) is 168 Å². The Hall–Kier alpha value is -6.91. The van der Waals surface area contributed by atoms with Gasteiger partial charge < -0.3 is 8.98 Å². The van der Waals surface area contributed by atoms with Gasteiger partial charge >= 0.3 is 0 Å². The van der Waals surface area contributed by atoms with E-state index < -0.39 is 0 Å². The maximum absolute atomic E-state index is 6.99. The maximum atomic E-state index is 6.99. The number of hydrogen-bond acceptors (Lipinski definition) is 2. The molecule has 0 amide bonds. The third-order valence-corrected chi connectivity index (χ3v) is 11.9. The summed E-state index contributed by atoms with van der Waals surface area (Å²) in [6.45, 7) is 9.25. The van der Waals surface area contributed by atoms with Crippen molar-refractivity contribution in [3.63, 3.8) is 0 Å². The summed E-state index contributed by atoms with van der Waals surface area (Å²) in [5, 5.41) is 6.88. The van der Waals surface area contributed by atoms with Crippen molar-refractivity contribution in [1.29, 1.82) is 0 Å². The van der Waals surface area contributed by atoms with Crippen LogP contribution in [0.1, 0.15) is 50.7 Å². The smallest absolute Gasteiger partial charge is 0.160 e. The molecule has 0 bridgehead atoms. The molecule has 11 aromatic rings. The molecular formula is C53H41N3O. The molecule has 3 heterocycles. The number of para-hydroxylation sites is 3. The number of fused-ring (bicyclic) bond motifs is 9. The second-order valence-corrected chi connectivity index (χ2v) is 15.9. The Kier molecular flexibility index (Phi) is 7.52. The fraction of sp³-hybridized carbons (Fsp3) is 0.113. The summed E-state index contributed by atoms with van der Waals surface area (Å²) < 4.78 is 11.8. The minimum Gasteiger partial charge on any atom is -0.454 e. The van der Waals surface area contributed by atoms with Gasteiger partial charge in [0.15, 0.2) is 5.58 Å². The van der Waals surface area contributed by atoms with Gasteiger partial charge in [0, 0.05) is 32.5 Å². The lowest BCUT2D eigenvalue weighted by Gasteiger charge is -2.24. The summed E-state index contributed by atoms with van der Waals surface area (Å²) in [4.78, 5) is 5.71. The number of imidazole rings is 1. The zero-order valence-corrected chi connectivity index (χ0v) is 32.5. The van der Waals surface area contributed by atoms with Crippen molar-refractivity contribution >= 4 is 65.6 Å². The van der Waals surface area contributed by atoms with Crippen LogP contribution in [0, 0.1) is 0 Å². The number of hydrogen-bond donors (Lipinski definition) is 0. The van der Waals surface area contributed by atoms with Gasteiger partial charge in [0.2, 0.25) is 0 Å². The first kappa shape index (κ1) is 33.4. The van der Waals surface area contributed by atoms with E-state index in [0.717, 1.165) is 66.5 Å². The van der Waals surface area contributed by atoms with Crippen LogP contribution in [0.25, 0.3) is 99.4 Å². The number of furan rings is 1. The summed E-state index contributed by atoms with van der Waals surface area (Å²) in [5.41, 5.74) is 14.4. The van der Waals surface area contributed by atoms with Crippen LogP contribution < -0.4 is 0 Å². The van der Waals surface area contributed by atoms with Gasteiger partial charge in [0.1, 0.15) is 11.4 Å². The quantitative estimate of drug-likeness (QED) is 0.170. The molecule has 0 unspecified atom stereocenters. The number of nitrogens with zero attached hydrogens (tertiary/aromatic N) is 3. The number of rotatable bonds is 6. The van der Waals surface area contributed by atoms with Crippen molar-refractivity contribution < 1.29 is 4.42 Å². The molecular weight excluding hydrogens is 695 g/mol. The monoisotopic (exact) mass is 735 g/mol. The predicted octanol–water partition coefficient (Wildman–Crippen LogP) is 14.8. The average Bonchev–Trinajstić information content (AvgIpc) is 3.94. The van der Waals surface area contributed by atoms with Crippen molar-refractivity contribution in [3.8, 4) is 33.9 Å². The molecule has 0 aliphatic carbocycles. The highest BCUT2D eigenvalue weighted by atomic mass is 16.3. The van der Waals surface area contributed by atoms with E-state index >= 15 is 0 Å². The average molecular weight is 736 g/mol. The van der Waals surface area contributed by atoms with Gasteiger partial charge in [-0.3, -0.25) is 4.57 Å². The van der Waals surface area contributed by atoms with Crippen LogP contribution in [-0.4, -0.2) is 14.1 Å². The Morgan fingerprint density at radius 1 is 0.491 bits per heavy atom. The molecule has 0 fully saturated rings. The first-order valence-corrected chi connectivity index (χ1v) is 20.0. The highest BCUT2D eigenvalue weighted by molar-refractivity contribution is 6.17. The van der Waals surface area contributed by atoms with Crippen LogP contribution in [0.4, 0.5) is 0 Å². The van der Waals surface area contributed by atoms with Crippen molar-refractivity contribution in [3.05, 3.63) is 175 Å². The predicted molar refractivity (Wildman–Crippen MR) is 239 cm³/mol. The lowest BCUT2D eigenvalue weighted by molar-refractivity contribution is 0.666. The molecule has 274 valence electrons. The molecule has 0 aliphatic rings. The molecule has 57 heavy (non-hydrogen) atoms. The second-order valence-electron chi connectivity index (χ2n) is 15.9. The minimum atomic E-state index is 0.249. The standard InChI is InChI=1S/C53H41N3O/c1-32(2)42-30-36(34-16-6-5-7-17-34)31-43(33(3)4)51(42)56-46-28-26-35-18-8-9-19-37(35)50(46)54-53(56)41-27-29-47(52-49(41)40-22-12-15-25-48(40)57-52)55-44-23-13-10-20-38(44)39-21-11-14-24-45(39)55/h5-33H,1-4H3. The van der Waals surface area contributed by atoms with Crippen LogP contribution in [0.2, 0.25) is 0 Å². The highest BCUT2D eigenvalue weighted by Gasteiger charge is 2.28. The first-order chi connectivity index (χ1) is 28.0. The molecule has 0 spiro atoms. The third kappa shape index (κ3) is 5.03. The van der Waals surface area contributed by atoms with Gasteiger partial charge in [-0.1, -0.05) is 143 Å². The number of benzene rings is 8. The van der Waals surface area contributed by atoms with E-state index in [1.54, 1.807) is 0 Å². The lowest BCUT2D eigenvalue weighted by Crippen LogP contribution is -2.09. The van der Waals surface area contributed by atoms with E-state index in [2.05, 4.69) is 201 Å². The molecule has 0 N–H and O–H groups in total. The minimum absolute atomic E-state index is 0.249. The molecule has 4 nitrogen and oxygen atoms in total. The summed E-state index contributed by atoms with van der Waals surface area (Å²) >= 11 is 0. The SMILES string of the molecule is CC(C)c1cc(-c2ccccc2)cc(C(C)C)c1-n1c(-c2ccc(-n3c4ccccc4c4ccccc43)c3oc4ccccc4c23)nc2c3ccccc3ccc21. The van der Waals surface area contributed by atoms with Crippen molar-refractivity contribution in [2.45, 2.75) is 39.5 Å². The lowest BCUT2D eigenvalue weighted by atomic mass is 9.88. The second kappa shape index (κ2) is 12.8. The molecule has 0 saturated carbocycles. The van der Waals surface area contributed by atoms with E-state index in [1.165, 1.54) is 44.1 Å². The Balaban J connectivity index is 1.29. The summed E-state index contributed by atoms with van der Waals surface area (Å²) in [6, 6.07) is 59.0. The van der Waals surface area contributed by atoms with Crippen molar-refractivity contribution in [1.82, 2.24) is 14.1 Å². The molecule has 0 aliphatic heterocycles. The van der Waals surface area contributed by atoms with Crippen LogP contribution in [-0.2, 0) is 0 Å². The Bertz CT molecular complexity index is 3280. The normalized spacial score (nSPS) is 12.2. The van der Waals surface area contributed by atoms with Gasteiger partial charge in [-0.15, -0.1) is 0 Å². The summed E-state index contributed by atoms with van der Waals surface area (Å²) in [5.74, 6) is 1.40. The molecule has 0 saturated heterocycles. The maximum Gasteiger partial charge on any atom is 0.160 e. The van der Waals surface area contributed by atoms with Gasteiger partial charge in [0.05, 0.1) is 33.4 Å². The Labute approximate surface area is 331 Å². The highest BCUT2D eigenvalue weighted by Crippen LogP contribution is 2.46. The molecule has 0 atom stereocenters. The van der Waals surface area contributed by atoms with Gasteiger partial charge in [-0.2, -0.15) is 0 Å². The van der Waals surface area contributed by atoms with Gasteiger partial charge in [-0.05, 0) is 88.0 Å². The number of aromatic nitrogens is 3. The summed E-state index contributed by atoms with van der Waals surface area (Å²) in [6.07, 6.45) is 0. The van der Waals surface area contributed by atoms with E-state index in [1.807, 2.05) is 0 Å². The van der Waals surface area contributed by atoms with Gasteiger partial charge in [-0.25, -0.2) is 4.98 Å². The largest absolute Gasteiger partial charge is 0.454 e. The molecule has 4 heteroatoms. The van der Waals surface area contributed by atoms with E-state index in [9.17, 15) is 0 Å². The molecule has 8 aromatic carbocycles. The van der Waals surface area contributed by atoms with Crippen LogP contribution in [0.3, 0.4) is 0 Å². The topological polar surface area (TPSA) is 35.9 Å². The fourth-order valence-electron chi connectivity index (χ4n) is 9.19. The van der Waals surface area contributed by atoms with E-state index in [4.69, 9.17) is 9.40 Å². The van der Waals surface area contributed by atoms with E-state index in [0.29, 0.717) is 0 Å². The van der Waals surface area contributed by atoms with Crippen LogP contribution >= 0.6 is 0 Å². The van der Waals surface area contributed by atoms with Gasteiger partial charge in [0.25, 0.3) is 0 Å². The third-order valence-electron chi connectivity index (χ3n) is 11.9. The Morgan fingerprint density at radius 2 is 1.09 bits per heavy atom. The molecule has 0 radical (unpaired) electrons. The van der Waals surface area contributed by atoms with Crippen molar-refractivity contribution in [2.24, 2.45) is 0 Å². The summed E-state index contributed by atoms with van der Waals surface area (Å²) in [7, 11) is 0.